The first-order valence-corrected chi connectivity index (χ1v) is 8.20. The highest BCUT2D eigenvalue weighted by molar-refractivity contribution is 14.0. The van der Waals surface area contributed by atoms with E-state index in [0.29, 0.717) is 19.0 Å². The molecule has 0 bridgehead atoms. The second-order valence-electron chi connectivity index (χ2n) is 6.30. The smallest absolute Gasteiger partial charge is 0.253 e. The Balaban J connectivity index is 0.00000312. The van der Waals surface area contributed by atoms with E-state index in [-0.39, 0.29) is 29.9 Å². The SMILES string of the molecule is C=C(C)CNC(N)=NCc1ccc(C(=O)N2CCN(C)CC2)cc1.I. The molecule has 2 rings (SSSR count). The molecule has 1 aromatic rings. The lowest BCUT2D eigenvalue weighted by molar-refractivity contribution is 0.0664. The Bertz CT molecular complexity index is 606. The Morgan fingerprint density at radius 2 is 1.84 bits per heavy atom. The van der Waals surface area contributed by atoms with Gasteiger partial charge in [0.1, 0.15) is 0 Å². The number of piperazine rings is 1. The standard InChI is InChI=1S/C18H27N5O.HI/c1-14(2)12-20-18(19)21-13-15-4-6-16(7-5-15)17(24)23-10-8-22(3)9-11-23;/h4-7H,1,8-13H2,2-3H3,(H3,19,20,21);1H. The van der Waals surface area contributed by atoms with Gasteiger partial charge >= 0.3 is 0 Å². The number of rotatable bonds is 5. The van der Waals surface area contributed by atoms with Gasteiger partial charge in [-0.2, -0.15) is 0 Å². The number of aliphatic imine (C=N–C) groups is 1. The van der Waals surface area contributed by atoms with Crippen LogP contribution in [0.3, 0.4) is 0 Å². The third kappa shape index (κ3) is 7.03. The number of carbonyl (C=O) groups is 1. The molecule has 6 nitrogen and oxygen atoms in total. The van der Waals surface area contributed by atoms with E-state index in [4.69, 9.17) is 5.73 Å². The molecule has 0 aliphatic carbocycles. The van der Waals surface area contributed by atoms with Crippen LogP contribution in [0.2, 0.25) is 0 Å². The number of nitrogens with two attached hydrogens (primary N) is 1. The topological polar surface area (TPSA) is 74.0 Å². The maximum Gasteiger partial charge on any atom is 0.253 e. The van der Waals surface area contributed by atoms with E-state index in [9.17, 15) is 4.79 Å². The third-order valence-corrected chi connectivity index (χ3v) is 3.99. The van der Waals surface area contributed by atoms with Crippen LogP contribution in [-0.4, -0.2) is 61.4 Å². The fourth-order valence-electron chi connectivity index (χ4n) is 2.42. The van der Waals surface area contributed by atoms with Crippen LogP contribution < -0.4 is 11.1 Å². The van der Waals surface area contributed by atoms with Crippen LogP contribution in [0.15, 0.2) is 41.4 Å². The van der Waals surface area contributed by atoms with Crippen LogP contribution in [0.5, 0.6) is 0 Å². The number of halogens is 1. The van der Waals surface area contributed by atoms with Gasteiger partial charge in [-0.05, 0) is 31.7 Å². The minimum absolute atomic E-state index is 0. The van der Waals surface area contributed by atoms with E-state index in [0.717, 1.165) is 42.9 Å². The van der Waals surface area contributed by atoms with Gasteiger partial charge in [0, 0.05) is 38.3 Å². The van der Waals surface area contributed by atoms with E-state index in [2.05, 4.69) is 28.8 Å². The van der Waals surface area contributed by atoms with Crippen LogP contribution >= 0.6 is 24.0 Å². The number of carbonyl (C=O) groups excluding carboxylic acids is 1. The fourth-order valence-corrected chi connectivity index (χ4v) is 2.42. The highest BCUT2D eigenvalue weighted by atomic mass is 127. The van der Waals surface area contributed by atoms with Crippen molar-refractivity contribution in [2.75, 3.05) is 39.8 Å². The van der Waals surface area contributed by atoms with E-state index >= 15 is 0 Å². The zero-order valence-corrected chi connectivity index (χ0v) is 17.3. The van der Waals surface area contributed by atoms with Gasteiger partial charge in [-0.1, -0.05) is 24.3 Å². The van der Waals surface area contributed by atoms with Gasteiger partial charge in [0.25, 0.3) is 5.91 Å². The average molecular weight is 457 g/mol. The van der Waals surface area contributed by atoms with Crippen molar-refractivity contribution in [3.63, 3.8) is 0 Å². The summed E-state index contributed by atoms with van der Waals surface area (Å²) >= 11 is 0. The zero-order valence-electron chi connectivity index (χ0n) is 15.0. The van der Waals surface area contributed by atoms with Crippen LogP contribution in [0.1, 0.15) is 22.8 Å². The lowest BCUT2D eigenvalue weighted by atomic mass is 10.1. The monoisotopic (exact) mass is 457 g/mol. The largest absolute Gasteiger partial charge is 0.370 e. The van der Waals surface area contributed by atoms with Crippen LogP contribution in [0.4, 0.5) is 0 Å². The molecular weight excluding hydrogens is 429 g/mol. The molecule has 0 atom stereocenters. The van der Waals surface area contributed by atoms with Crippen LogP contribution in [0, 0.1) is 0 Å². The quantitative estimate of drug-likeness (QED) is 0.306. The molecule has 138 valence electrons. The third-order valence-electron chi connectivity index (χ3n) is 3.99. The second kappa shape index (κ2) is 10.4. The number of hydrogen-bond acceptors (Lipinski definition) is 3. The molecule has 1 saturated heterocycles. The summed E-state index contributed by atoms with van der Waals surface area (Å²) in [6.45, 7) is 10.3. The number of amides is 1. The summed E-state index contributed by atoms with van der Waals surface area (Å²) in [4.78, 5) is 20.9. The maximum absolute atomic E-state index is 12.5. The molecule has 0 radical (unpaired) electrons. The normalized spacial score (nSPS) is 15.4. The molecule has 1 aliphatic heterocycles. The molecule has 0 saturated carbocycles. The molecule has 25 heavy (non-hydrogen) atoms. The van der Waals surface area contributed by atoms with Gasteiger partial charge in [-0.25, -0.2) is 4.99 Å². The molecule has 1 amide bonds. The van der Waals surface area contributed by atoms with Crippen molar-refractivity contribution >= 4 is 35.8 Å². The summed E-state index contributed by atoms with van der Waals surface area (Å²) in [5, 5.41) is 2.99. The van der Waals surface area contributed by atoms with Crippen molar-refractivity contribution in [3.05, 3.63) is 47.5 Å². The Morgan fingerprint density at radius 3 is 2.40 bits per heavy atom. The summed E-state index contributed by atoms with van der Waals surface area (Å²) in [6, 6.07) is 7.59. The summed E-state index contributed by atoms with van der Waals surface area (Å²) in [5.41, 5.74) is 8.53. The summed E-state index contributed by atoms with van der Waals surface area (Å²) in [6.07, 6.45) is 0. The lowest BCUT2D eigenvalue weighted by Gasteiger charge is -2.32. The average Bonchev–Trinajstić information content (AvgIpc) is 2.58. The number of guanidine groups is 1. The van der Waals surface area contributed by atoms with Crippen molar-refractivity contribution in [2.45, 2.75) is 13.5 Å². The first-order chi connectivity index (χ1) is 11.5. The summed E-state index contributed by atoms with van der Waals surface area (Å²) in [7, 11) is 2.08. The van der Waals surface area contributed by atoms with Crippen molar-refractivity contribution in [2.24, 2.45) is 10.7 Å². The number of nitrogens with zero attached hydrogens (tertiary/aromatic N) is 3. The Hall–Kier alpha value is -1.61. The number of likely N-dealkylation sites (N-methyl/N-ethyl adjacent to an activating group) is 1. The first kappa shape index (κ1) is 21.4. The van der Waals surface area contributed by atoms with Crippen molar-refractivity contribution < 1.29 is 4.79 Å². The van der Waals surface area contributed by atoms with Crippen LogP contribution in [0.25, 0.3) is 0 Å². The molecular formula is C18H28IN5O. The summed E-state index contributed by atoms with van der Waals surface area (Å²) in [5.74, 6) is 0.497. The van der Waals surface area contributed by atoms with E-state index in [1.54, 1.807) is 0 Å². The van der Waals surface area contributed by atoms with Gasteiger partial charge in [-0.3, -0.25) is 4.79 Å². The molecule has 7 heteroatoms. The molecule has 0 unspecified atom stereocenters. The molecule has 3 N–H and O–H groups in total. The number of benzene rings is 1. The molecule has 1 aromatic carbocycles. The minimum atomic E-state index is 0. The Kier molecular flexibility index (Phi) is 8.91. The zero-order chi connectivity index (χ0) is 17.5. The van der Waals surface area contributed by atoms with Crippen molar-refractivity contribution in [1.82, 2.24) is 15.1 Å². The predicted octanol–water partition coefficient (Wildman–Crippen LogP) is 1.67. The molecule has 0 spiro atoms. The molecule has 1 heterocycles. The highest BCUT2D eigenvalue weighted by Crippen LogP contribution is 2.10. The summed E-state index contributed by atoms with van der Waals surface area (Å²) < 4.78 is 0. The highest BCUT2D eigenvalue weighted by Gasteiger charge is 2.19. The Morgan fingerprint density at radius 1 is 1.24 bits per heavy atom. The van der Waals surface area contributed by atoms with Gasteiger partial charge in [0.2, 0.25) is 0 Å². The van der Waals surface area contributed by atoms with E-state index in [1.807, 2.05) is 36.1 Å². The van der Waals surface area contributed by atoms with E-state index in [1.165, 1.54) is 0 Å². The van der Waals surface area contributed by atoms with Gasteiger partial charge in [-0.15, -0.1) is 24.0 Å². The Labute approximate surface area is 167 Å². The maximum atomic E-state index is 12.5. The van der Waals surface area contributed by atoms with Gasteiger partial charge in [0.15, 0.2) is 5.96 Å². The van der Waals surface area contributed by atoms with Crippen molar-refractivity contribution in [1.29, 1.82) is 0 Å². The minimum Gasteiger partial charge on any atom is -0.370 e. The molecule has 1 aliphatic rings. The second-order valence-corrected chi connectivity index (χ2v) is 6.30. The lowest BCUT2D eigenvalue weighted by Crippen LogP contribution is -2.47. The van der Waals surface area contributed by atoms with Crippen molar-refractivity contribution in [3.8, 4) is 0 Å². The van der Waals surface area contributed by atoms with Crippen LogP contribution in [-0.2, 0) is 6.54 Å². The van der Waals surface area contributed by atoms with Gasteiger partial charge in [0.05, 0.1) is 6.54 Å². The first-order valence-electron chi connectivity index (χ1n) is 8.20. The molecule has 1 fully saturated rings. The predicted molar refractivity (Wildman–Crippen MR) is 113 cm³/mol. The number of nitrogens with one attached hydrogen (secondary N) is 1. The fraction of sp³-hybridized carbons (Fsp3) is 0.444. The molecule has 0 aromatic heterocycles. The van der Waals surface area contributed by atoms with E-state index < -0.39 is 0 Å². The van der Waals surface area contributed by atoms with Gasteiger partial charge < -0.3 is 20.9 Å². The number of hydrogen-bond donors (Lipinski definition) is 2.